The van der Waals surface area contributed by atoms with Crippen molar-refractivity contribution in [1.82, 2.24) is 4.90 Å². The zero-order valence-electron chi connectivity index (χ0n) is 15.5. The van der Waals surface area contributed by atoms with Crippen molar-refractivity contribution in [2.24, 2.45) is 0 Å². The maximum atomic E-state index is 10.2. The Bertz CT molecular complexity index is 635. The third kappa shape index (κ3) is 7.11. The van der Waals surface area contributed by atoms with Gasteiger partial charge in [-0.3, -0.25) is 4.90 Å². The monoisotopic (exact) mass is 414 g/mol. The standard InChI is InChI=1S/C20H26N2O3.2ClH/c1-24-19-9-7-17(8-10-19)22-13-11-21(12-14-22)15-18(23)16-25-20-5-3-2-4-6-20;;/h2-10,18,23H,11-16H2,1H3;2*1H. The van der Waals surface area contributed by atoms with Crippen LogP contribution in [0.1, 0.15) is 0 Å². The predicted octanol–water partition coefficient (Wildman–Crippen LogP) is 3.10. The summed E-state index contributed by atoms with van der Waals surface area (Å²) >= 11 is 0. The Morgan fingerprint density at radius 3 is 2.11 bits per heavy atom. The molecule has 1 heterocycles. The first kappa shape index (κ1) is 23.4. The number of nitrogens with zero attached hydrogens (tertiary/aromatic N) is 2. The van der Waals surface area contributed by atoms with Gasteiger partial charge in [0.1, 0.15) is 24.2 Å². The lowest BCUT2D eigenvalue weighted by atomic mass is 10.2. The highest BCUT2D eigenvalue weighted by Gasteiger charge is 2.19. The summed E-state index contributed by atoms with van der Waals surface area (Å²) in [6.07, 6.45) is -0.479. The summed E-state index contributed by atoms with van der Waals surface area (Å²) in [5.41, 5.74) is 1.22. The third-order valence-electron chi connectivity index (χ3n) is 4.46. The van der Waals surface area contributed by atoms with E-state index in [2.05, 4.69) is 21.9 Å². The van der Waals surface area contributed by atoms with Crippen molar-refractivity contribution in [3.05, 3.63) is 54.6 Å². The SMILES string of the molecule is COc1ccc(N2CCN(CC(O)COc3ccccc3)CC2)cc1.Cl.Cl. The van der Waals surface area contributed by atoms with Crippen molar-refractivity contribution in [3.63, 3.8) is 0 Å². The molecule has 7 heteroatoms. The molecule has 2 aromatic carbocycles. The van der Waals surface area contributed by atoms with Gasteiger partial charge < -0.3 is 19.5 Å². The number of aliphatic hydroxyl groups is 1. The third-order valence-corrected chi connectivity index (χ3v) is 4.46. The minimum atomic E-state index is -0.479. The van der Waals surface area contributed by atoms with E-state index in [-0.39, 0.29) is 24.8 Å². The number of rotatable bonds is 7. The Labute approximate surface area is 173 Å². The van der Waals surface area contributed by atoms with Gasteiger partial charge in [0.25, 0.3) is 0 Å². The van der Waals surface area contributed by atoms with E-state index in [9.17, 15) is 5.11 Å². The van der Waals surface area contributed by atoms with Gasteiger partial charge in [-0.1, -0.05) is 18.2 Å². The highest BCUT2D eigenvalue weighted by atomic mass is 35.5. The molecule has 0 aromatic heterocycles. The first-order chi connectivity index (χ1) is 12.2. The molecule has 1 fully saturated rings. The van der Waals surface area contributed by atoms with Crippen LogP contribution in [0.25, 0.3) is 0 Å². The van der Waals surface area contributed by atoms with Crippen LogP contribution >= 0.6 is 24.8 Å². The number of anilines is 1. The number of β-amino-alcohol motifs (C(OH)–C–C–N with tert-alkyl or cyclic N) is 1. The number of hydrogen-bond acceptors (Lipinski definition) is 5. The summed E-state index contributed by atoms with van der Waals surface area (Å²) in [5.74, 6) is 1.68. The van der Waals surface area contributed by atoms with Gasteiger partial charge in [-0.15, -0.1) is 24.8 Å². The van der Waals surface area contributed by atoms with E-state index in [4.69, 9.17) is 9.47 Å². The van der Waals surface area contributed by atoms with Crippen LogP contribution in [0.4, 0.5) is 5.69 Å². The lowest BCUT2D eigenvalue weighted by molar-refractivity contribution is 0.0663. The van der Waals surface area contributed by atoms with Crippen molar-refractivity contribution >= 4 is 30.5 Å². The van der Waals surface area contributed by atoms with Gasteiger partial charge in [-0.25, -0.2) is 0 Å². The van der Waals surface area contributed by atoms with E-state index in [1.807, 2.05) is 42.5 Å². The zero-order valence-corrected chi connectivity index (χ0v) is 17.1. The second-order valence-electron chi connectivity index (χ2n) is 6.26. The van der Waals surface area contributed by atoms with Crippen molar-refractivity contribution in [2.45, 2.75) is 6.10 Å². The molecule has 1 N–H and O–H groups in total. The first-order valence-corrected chi connectivity index (χ1v) is 8.72. The summed E-state index contributed by atoms with van der Waals surface area (Å²) in [7, 11) is 1.68. The quantitative estimate of drug-likeness (QED) is 0.753. The van der Waals surface area contributed by atoms with Gasteiger partial charge >= 0.3 is 0 Å². The summed E-state index contributed by atoms with van der Waals surface area (Å²) in [4.78, 5) is 4.65. The van der Waals surface area contributed by atoms with Crippen LogP contribution in [-0.2, 0) is 0 Å². The number of hydrogen-bond donors (Lipinski definition) is 1. The molecular formula is C20H28Cl2N2O3. The van der Waals surface area contributed by atoms with E-state index >= 15 is 0 Å². The fourth-order valence-electron chi connectivity index (χ4n) is 3.04. The fraction of sp³-hybridized carbons (Fsp3) is 0.400. The lowest BCUT2D eigenvalue weighted by Gasteiger charge is -2.36. The molecule has 1 aliphatic heterocycles. The average Bonchev–Trinajstić information content (AvgIpc) is 2.68. The Kier molecular flexibility index (Phi) is 10.3. The van der Waals surface area contributed by atoms with Gasteiger partial charge in [-0.05, 0) is 36.4 Å². The van der Waals surface area contributed by atoms with Crippen LogP contribution in [0.3, 0.4) is 0 Å². The van der Waals surface area contributed by atoms with Crippen molar-refractivity contribution in [3.8, 4) is 11.5 Å². The number of methoxy groups -OCH3 is 1. The summed E-state index contributed by atoms with van der Waals surface area (Å²) in [6.45, 7) is 4.76. The van der Waals surface area contributed by atoms with Crippen molar-refractivity contribution < 1.29 is 14.6 Å². The van der Waals surface area contributed by atoms with Crippen LogP contribution in [0, 0.1) is 0 Å². The summed E-state index contributed by atoms with van der Waals surface area (Å²) < 4.78 is 10.8. The molecule has 2 aromatic rings. The maximum Gasteiger partial charge on any atom is 0.119 e. The molecule has 0 bridgehead atoms. The van der Waals surface area contributed by atoms with Gasteiger partial charge in [0.05, 0.1) is 7.11 Å². The molecular weight excluding hydrogens is 387 g/mol. The van der Waals surface area contributed by atoms with E-state index in [1.54, 1.807) is 7.11 Å². The molecule has 0 saturated carbocycles. The molecule has 1 saturated heterocycles. The van der Waals surface area contributed by atoms with Crippen LogP contribution in [-0.4, -0.2) is 62.6 Å². The molecule has 0 radical (unpaired) electrons. The second kappa shape index (κ2) is 11.9. The number of para-hydroxylation sites is 1. The topological polar surface area (TPSA) is 45.2 Å². The van der Waals surface area contributed by atoms with Crippen LogP contribution in [0.15, 0.2) is 54.6 Å². The Balaban J connectivity index is 0.00000182. The normalized spacial score (nSPS) is 15.3. The molecule has 3 rings (SSSR count). The van der Waals surface area contributed by atoms with Crippen LogP contribution in [0.2, 0.25) is 0 Å². The van der Waals surface area contributed by atoms with Crippen LogP contribution in [0.5, 0.6) is 11.5 Å². The van der Waals surface area contributed by atoms with E-state index in [0.717, 1.165) is 37.7 Å². The smallest absolute Gasteiger partial charge is 0.119 e. The first-order valence-electron chi connectivity index (χ1n) is 8.72. The molecule has 150 valence electrons. The number of ether oxygens (including phenoxy) is 2. The molecule has 0 aliphatic carbocycles. The molecule has 0 spiro atoms. The summed E-state index contributed by atoms with van der Waals surface area (Å²) in [5, 5.41) is 10.2. The molecule has 0 amide bonds. The Hall–Kier alpha value is -1.66. The second-order valence-corrected chi connectivity index (χ2v) is 6.26. The van der Waals surface area contributed by atoms with Gasteiger partial charge in [-0.2, -0.15) is 0 Å². The number of benzene rings is 2. The number of piperazine rings is 1. The largest absolute Gasteiger partial charge is 0.497 e. The average molecular weight is 415 g/mol. The fourth-order valence-corrected chi connectivity index (χ4v) is 3.04. The number of aliphatic hydroxyl groups excluding tert-OH is 1. The zero-order chi connectivity index (χ0) is 17.5. The molecule has 1 aliphatic rings. The molecule has 27 heavy (non-hydrogen) atoms. The Morgan fingerprint density at radius 1 is 0.889 bits per heavy atom. The maximum absolute atomic E-state index is 10.2. The Morgan fingerprint density at radius 2 is 1.52 bits per heavy atom. The van der Waals surface area contributed by atoms with Crippen molar-refractivity contribution in [1.29, 1.82) is 0 Å². The highest BCUT2D eigenvalue weighted by Crippen LogP contribution is 2.20. The predicted molar refractivity (Wildman–Crippen MR) is 114 cm³/mol. The van der Waals surface area contributed by atoms with Gasteiger partial charge in [0.15, 0.2) is 0 Å². The van der Waals surface area contributed by atoms with E-state index in [1.165, 1.54) is 5.69 Å². The highest BCUT2D eigenvalue weighted by molar-refractivity contribution is 5.85. The number of halogens is 2. The lowest BCUT2D eigenvalue weighted by Crippen LogP contribution is -2.49. The molecule has 1 unspecified atom stereocenters. The summed E-state index contributed by atoms with van der Waals surface area (Å²) in [6, 6.07) is 17.8. The van der Waals surface area contributed by atoms with Gasteiger partial charge in [0, 0.05) is 38.4 Å². The van der Waals surface area contributed by atoms with E-state index in [0.29, 0.717) is 13.2 Å². The van der Waals surface area contributed by atoms with Gasteiger partial charge in [0.2, 0.25) is 0 Å². The minimum Gasteiger partial charge on any atom is -0.497 e. The van der Waals surface area contributed by atoms with Crippen LogP contribution < -0.4 is 14.4 Å². The van der Waals surface area contributed by atoms with Crippen molar-refractivity contribution in [2.75, 3.05) is 51.3 Å². The molecule has 5 nitrogen and oxygen atoms in total. The van der Waals surface area contributed by atoms with E-state index < -0.39 is 6.10 Å². The minimum absolute atomic E-state index is 0. The molecule has 1 atom stereocenters.